The van der Waals surface area contributed by atoms with Crippen LogP contribution < -0.4 is 10.3 Å². The van der Waals surface area contributed by atoms with E-state index in [1.165, 1.54) is 7.11 Å². The molecule has 0 bridgehead atoms. The zero-order valence-electron chi connectivity index (χ0n) is 13.1. The molecule has 0 N–H and O–H groups in total. The van der Waals surface area contributed by atoms with Crippen molar-refractivity contribution in [2.45, 2.75) is 20.3 Å². The lowest BCUT2D eigenvalue weighted by atomic mass is 10.0. The van der Waals surface area contributed by atoms with Gasteiger partial charge < -0.3 is 13.6 Å². The molecule has 2 aromatic heterocycles. The highest BCUT2D eigenvalue weighted by atomic mass is 16.5. The van der Waals surface area contributed by atoms with E-state index in [2.05, 4.69) is 4.98 Å². The van der Waals surface area contributed by atoms with Gasteiger partial charge in [0.2, 0.25) is 7.98 Å². The number of nitrogens with zero attached hydrogens (tertiary/aromatic N) is 2. The van der Waals surface area contributed by atoms with Gasteiger partial charge in [-0.25, -0.2) is 4.98 Å². The molecule has 6 heteroatoms. The molecule has 2 heterocycles. The molecular weight excluding hydrogens is 279 g/mol. The number of para-hydroxylation sites is 2. The topological polar surface area (TPSA) is 57.3 Å². The molecule has 22 heavy (non-hydrogen) atoms. The summed E-state index contributed by atoms with van der Waals surface area (Å²) >= 11 is 0. The molecule has 0 amide bonds. The lowest BCUT2D eigenvalue weighted by molar-refractivity contribution is 0.400. The number of rotatable bonds is 3. The van der Waals surface area contributed by atoms with Gasteiger partial charge in [0.25, 0.3) is 5.56 Å². The molecule has 0 atom stereocenters. The van der Waals surface area contributed by atoms with E-state index in [-0.39, 0.29) is 5.56 Å². The summed E-state index contributed by atoms with van der Waals surface area (Å²) in [5.41, 5.74) is 4.17. The van der Waals surface area contributed by atoms with E-state index in [0.717, 1.165) is 27.9 Å². The Bertz CT molecular complexity index is 879. The lowest BCUT2D eigenvalue weighted by Gasteiger charge is -2.15. The fourth-order valence-electron chi connectivity index (χ4n) is 2.64. The number of hydrogen-bond acceptors (Lipinski definition) is 4. The average molecular weight is 296 g/mol. The van der Waals surface area contributed by atoms with E-state index >= 15 is 0 Å². The van der Waals surface area contributed by atoms with Gasteiger partial charge in [0.1, 0.15) is 5.52 Å². The van der Waals surface area contributed by atoms with Crippen molar-refractivity contribution in [3.05, 3.63) is 57.3 Å². The summed E-state index contributed by atoms with van der Waals surface area (Å²) < 4.78 is 12.7. The Labute approximate surface area is 129 Å². The monoisotopic (exact) mass is 296 g/mol. The third-order valence-corrected chi connectivity index (χ3v) is 4.14. The van der Waals surface area contributed by atoms with Gasteiger partial charge in [-0.05, 0) is 31.5 Å². The Balaban J connectivity index is 2.14. The molecule has 0 unspecified atom stereocenters. The SMILES string of the molecule is Bn1c(C)c(C)c(Cc2nc3ccccc3o2)c(OC)c1=O. The zero-order chi connectivity index (χ0) is 15.9. The van der Waals surface area contributed by atoms with Crippen LogP contribution in [0.15, 0.2) is 33.5 Å². The summed E-state index contributed by atoms with van der Waals surface area (Å²) in [6.07, 6.45) is 0.431. The highest BCUT2D eigenvalue weighted by molar-refractivity contribution is 6.07. The number of aromatic nitrogens is 2. The van der Waals surface area contributed by atoms with Gasteiger partial charge in [-0.3, -0.25) is 4.79 Å². The molecule has 1 aromatic carbocycles. The van der Waals surface area contributed by atoms with E-state index in [0.29, 0.717) is 18.1 Å². The fraction of sp³-hybridized carbons (Fsp3) is 0.250. The number of pyridine rings is 1. The maximum Gasteiger partial charge on any atom is 0.280 e. The number of hydrogen-bond donors (Lipinski definition) is 0. The molecule has 0 fully saturated rings. The van der Waals surface area contributed by atoms with Crippen LogP contribution in [-0.4, -0.2) is 24.6 Å². The minimum Gasteiger partial charge on any atom is -0.491 e. The van der Waals surface area contributed by atoms with E-state index in [1.54, 1.807) is 12.5 Å². The molecule has 3 aromatic rings. The van der Waals surface area contributed by atoms with Crippen LogP contribution in [-0.2, 0) is 6.42 Å². The number of methoxy groups -OCH3 is 1. The Morgan fingerprint density at radius 1 is 1.32 bits per heavy atom. The van der Waals surface area contributed by atoms with Gasteiger partial charge in [0.05, 0.1) is 13.5 Å². The first-order valence-corrected chi connectivity index (χ1v) is 7.10. The van der Waals surface area contributed by atoms with Gasteiger partial charge in [0.15, 0.2) is 17.2 Å². The molecule has 0 saturated heterocycles. The molecule has 5 nitrogen and oxygen atoms in total. The third kappa shape index (κ3) is 2.20. The van der Waals surface area contributed by atoms with Crippen LogP contribution in [0.1, 0.15) is 22.7 Å². The maximum absolute atomic E-state index is 12.3. The van der Waals surface area contributed by atoms with E-state index in [1.807, 2.05) is 38.1 Å². The van der Waals surface area contributed by atoms with Crippen LogP contribution in [0, 0.1) is 13.8 Å². The Morgan fingerprint density at radius 2 is 2.05 bits per heavy atom. The van der Waals surface area contributed by atoms with Crippen molar-refractivity contribution in [1.29, 1.82) is 0 Å². The van der Waals surface area contributed by atoms with Crippen molar-refractivity contribution in [2.24, 2.45) is 0 Å². The highest BCUT2D eigenvalue weighted by Crippen LogP contribution is 2.25. The first kappa shape index (κ1) is 14.4. The maximum atomic E-state index is 12.3. The molecule has 0 aliphatic carbocycles. The van der Waals surface area contributed by atoms with Gasteiger partial charge in [-0.1, -0.05) is 12.1 Å². The van der Waals surface area contributed by atoms with Crippen molar-refractivity contribution in [3.63, 3.8) is 0 Å². The smallest absolute Gasteiger partial charge is 0.280 e. The first-order valence-electron chi connectivity index (χ1n) is 7.10. The summed E-state index contributed by atoms with van der Waals surface area (Å²) in [5.74, 6) is 0.933. The summed E-state index contributed by atoms with van der Waals surface area (Å²) in [6, 6.07) is 7.61. The zero-order valence-corrected chi connectivity index (χ0v) is 13.1. The van der Waals surface area contributed by atoms with Gasteiger partial charge in [-0.2, -0.15) is 0 Å². The molecule has 0 saturated carbocycles. The van der Waals surface area contributed by atoms with Crippen LogP contribution in [0.3, 0.4) is 0 Å². The molecule has 0 radical (unpaired) electrons. The molecule has 0 aliphatic heterocycles. The summed E-state index contributed by atoms with van der Waals surface area (Å²) in [7, 11) is 3.26. The lowest BCUT2D eigenvalue weighted by Crippen LogP contribution is -2.25. The van der Waals surface area contributed by atoms with Crippen LogP contribution >= 0.6 is 0 Å². The molecule has 112 valence electrons. The van der Waals surface area contributed by atoms with Crippen LogP contribution in [0.4, 0.5) is 0 Å². The van der Waals surface area contributed by atoms with Gasteiger partial charge in [-0.15, -0.1) is 0 Å². The second-order valence-electron chi connectivity index (χ2n) is 5.34. The number of oxazole rings is 1. The quantitative estimate of drug-likeness (QED) is 0.689. The Hall–Kier alpha value is -2.50. The highest BCUT2D eigenvalue weighted by Gasteiger charge is 2.18. The molecule has 0 spiro atoms. The first-order chi connectivity index (χ1) is 10.5. The number of fused-ring (bicyclic) bond motifs is 1. The van der Waals surface area contributed by atoms with Crippen molar-refractivity contribution < 1.29 is 9.15 Å². The van der Waals surface area contributed by atoms with Gasteiger partial charge in [0, 0.05) is 11.3 Å². The summed E-state index contributed by atoms with van der Waals surface area (Å²) in [5, 5.41) is 0. The van der Waals surface area contributed by atoms with Crippen molar-refractivity contribution in [2.75, 3.05) is 7.11 Å². The van der Waals surface area contributed by atoms with Crippen molar-refractivity contribution in [1.82, 2.24) is 9.46 Å². The number of benzene rings is 1. The van der Waals surface area contributed by atoms with Crippen LogP contribution in [0.5, 0.6) is 5.75 Å². The second kappa shape index (κ2) is 5.37. The second-order valence-corrected chi connectivity index (χ2v) is 5.34. The molecule has 3 rings (SSSR count). The van der Waals surface area contributed by atoms with Crippen LogP contribution in [0.25, 0.3) is 11.1 Å². The third-order valence-electron chi connectivity index (χ3n) is 4.14. The Morgan fingerprint density at radius 3 is 2.73 bits per heavy atom. The fourth-order valence-corrected chi connectivity index (χ4v) is 2.64. The largest absolute Gasteiger partial charge is 0.491 e. The van der Waals surface area contributed by atoms with E-state index < -0.39 is 0 Å². The van der Waals surface area contributed by atoms with Crippen molar-refractivity contribution in [3.8, 4) is 5.75 Å². The standard InChI is InChI=1S/C16H17BN2O3/c1-9-10(2)19(17)16(20)15(21-3)11(9)8-14-18-12-6-4-5-7-13(12)22-14/h4-7H,8,17H2,1-3H3. The summed E-state index contributed by atoms with van der Waals surface area (Å²) in [6.45, 7) is 3.90. The molecule has 0 aliphatic rings. The normalized spacial score (nSPS) is 11.0. The average Bonchev–Trinajstić information content (AvgIpc) is 2.93. The van der Waals surface area contributed by atoms with E-state index in [4.69, 9.17) is 9.15 Å². The molecular formula is C16H17BN2O3. The van der Waals surface area contributed by atoms with E-state index in [9.17, 15) is 4.79 Å². The van der Waals surface area contributed by atoms with Crippen molar-refractivity contribution >= 4 is 19.1 Å². The predicted molar refractivity (Wildman–Crippen MR) is 87.5 cm³/mol. The predicted octanol–water partition coefficient (Wildman–Crippen LogP) is 1.60. The van der Waals surface area contributed by atoms with Crippen LogP contribution in [0.2, 0.25) is 0 Å². The summed E-state index contributed by atoms with van der Waals surface area (Å²) in [4.78, 5) is 16.8. The minimum absolute atomic E-state index is 0.142. The Kier molecular flexibility index (Phi) is 3.52. The number of ether oxygens (including phenoxy) is 1. The minimum atomic E-state index is -0.142. The van der Waals surface area contributed by atoms with Gasteiger partial charge >= 0.3 is 0 Å².